The minimum absolute atomic E-state index is 0.0330. The Labute approximate surface area is 100 Å². The highest BCUT2D eigenvalue weighted by Gasteiger charge is 2.26. The molecule has 0 fully saturated rings. The topological polar surface area (TPSA) is 59.6 Å². The van der Waals surface area contributed by atoms with E-state index in [0.29, 0.717) is 5.36 Å². The minimum Gasteiger partial charge on any atom is -0.461 e. The fourth-order valence-electron chi connectivity index (χ4n) is 1.84. The summed E-state index contributed by atoms with van der Waals surface area (Å²) in [6, 6.07) is 6.66. The lowest BCUT2D eigenvalue weighted by Gasteiger charge is -1.95. The second-order valence-corrected chi connectivity index (χ2v) is 3.76. The molecule has 0 spiro atoms. The maximum Gasteiger partial charge on any atom is 0.282 e. The number of rotatable bonds is 2. The SMILES string of the molecule is O=C1N=c2ccc(F)cc2=C1C(=O)c1ccco1. The van der Waals surface area contributed by atoms with Crippen LogP contribution < -0.4 is 10.6 Å². The summed E-state index contributed by atoms with van der Waals surface area (Å²) >= 11 is 0. The molecule has 0 N–H and O–H groups in total. The van der Waals surface area contributed by atoms with Gasteiger partial charge in [0.1, 0.15) is 11.4 Å². The van der Waals surface area contributed by atoms with Crippen LogP contribution in [0.2, 0.25) is 0 Å². The van der Waals surface area contributed by atoms with Gasteiger partial charge in [-0.05, 0) is 30.3 Å². The van der Waals surface area contributed by atoms with Gasteiger partial charge in [-0.3, -0.25) is 9.59 Å². The smallest absolute Gasteiger partial charge is 0.282 e. The van der Waals surface area contributed by atoms with Crippen molar-refractivity contribution in [2.45, 2.75) is 0 Å². The van der Waals surface area contributed by atoms with Crippen molar-refractivity contribution in [1.82, 2.24) is 0 Å². The van der Waals surface area contributed by atoms with Crippen LogP contribution in [0.5, 0.6) is 0 Å². The summed E-state index contributed by atoms with van der Waals surface area (Å²) in [6.07, 6.45) is 1.33. The highest BCUT2D eigenvalue weighted by molar-refractivity contribution is 6.45. The Hall–Kier alpha value is -2.56. The molecule has 2 heterocycles. The van der Waals surface area contributed by atoms with E-state index in [0.717, 1.165) is 6.07 Å². The number of carbonyl (C=O) groups is 2. The zero-order valence-corrected chi connectivity index (χ0v) is 9.01. The maximum absolute atomic E-state index is 13.2. The van der Waals surface area contributed by atoms with Gasteiger partial charge in [0.05, 0.1) is 11.6 Å². The highest BCUT2D eigenvalue weighted by Crippen LogP contribution is 2.11. The van der Waals surface area contributed by atoms with Crippen LogP contribution in [0.1, 0.15) is 10.6 Å². The van der Waals surface area contributed by atoms with Crippen molar-refractivity contribution >= 4 is 17.3 Å². The third kappa shape index (κ3) is 1.48. The zero-order chi connectivity index (χ0) is 12.7. The van der Waals surface area contributed by atoms with E-state index in [1.807, 2.05) is 0 Å². The fourth-order valence-corrected chi connectivity index (χ4v) is 1.84. The lowest BCUT2D eigenvalue weighted by atomic mass is 10.1. The molecule has 18 heavy (non-hydrogen) atoms. The van der Waals surface area contributed by atoms with E-state index in [4.69, 9.17) is 4.42 Å². The molecule has 0 saturated heterocycles. The molecule has 1 amide bonds. The van der Waals surface area contributed by atoms with E-state index in [-0.39, 0.29) is 16.6 Å². The molecule has 5 heteroatoms. The van der Waals surface area contributed by atoms with Gasteiger partial charge in [-0.15, -0.1) is 0 Å². The van der Waals surface area contributed by atoms with Gasteiger partial charge in [0.25, 0.3) is 5.91 Å². The number of fused-ring (bicyclic) bond motifs is 1. The van der Waals surface area contributed by atoms with Crippen LogP contribution in [0.3, 0.4) is 0 Å². The number of ketones is 1. The van der Waals surface area contributed by atoms with Crippen LogP contribution in [-0.4, -0.2) is 11.7 Å². The predicted octanol–water partition coefficient (Wildman–Crippen LogP) is 0.612. The molecule has 1 aromatic heterocycles. The molecule has 1 aliphatic heterocycles. The monoisotopic (exact) mass is 243 g/mol. The molecule has 0 radical (unpaired) electrons. The van der Waals surface area contributed by atoms with Gasteiger partial charge in [0, 0.05) is 5.22 Å². The van der Waals surface area contributed by atoms with Crippen LogP contribution in [0, 0.1) is 5.82 Å². The lowest BCUT2D eigenvalue weighted by molar-refractivity contribution is -0.112. The van der Waals surface area contributed by atoms with Gasteiger partial charge < -0.3 is 4.42 Å². The van der Waals surface area contributed by atoms with Crippen LogP contribution in [0.4, 0.5) is 4.39 Å². The first-order chi connectivity index (χ1) is 8.66. The zero-order valence-electron chi connectivity index (χ0n) is 9.01. The Balaban J connectivity index is 2.29. The molecule has 3 rings (SSSR count). The first-order valence-electron chi connectivity index (χ1n) is 5.18. The molecular formula is C13H6FNO3. The number of benzene rings is 1. The first kappa shape index (κ1) is 10.6. The van der Waals surface area contributed by atoms with Crippen molar-refractivity contribution in [3.05, 3.63) is 58.7 Å². The third-order valence-corrected chi connectivity index (χ3v) is 2.64. The van der Waals surface area contributed by atoms with Crippen LogP contribution in [-0.2, 0) is 4.79 Å². The average Bonchev–Trinajstić information content (AvgIpc) is 2.94. The van der Waals surface area contributed by atoms with E-state index in [1.165, 1.54) is 30.5 Å². The summed E-state index contributed by atoms with van der Waals surface area (Å²) in [5.74, 6) is -1.75. The Bertz CT molecular complexity index is 775. The van der Waals surface area contributed by atoms with Gasteiger partial charge in [-0.2, -0.15) is 0 Å². The van der Waals surface area contributed by atoms with Crippen molar-refractivity contribution in [2.24, 2.45) is 4.99 Å². The molecule has 88 valence electrons. The molecule has 0 bridgehead atoms. The quantitative estimate of drug-likeness (QED) is 0.726. The summed E-state index contributed by atoms with van der Waals surface area (Å²) in [4.78, 5) is 27.4. The van der Waals surface area contributed by atoms with Crippen molar-refractivity contribution in [2.75, 3.05) is 0 Å². The van der Waals surface area contributed by atoms with Crippen LogP contribution >= 0.6 is 0 Å². The number of hydrogen-bond donors (Lipinski definition) is 0. The molecular weight excluding hydrogens is 237 g/mol. The minimum atomic E-state index is -0.669. The molecule has 2 aromatic rings. The van der Waals surface area contributed by atoms with Crippen LogP contribution in [0.25, 0.3) is 5.57 Å². The molecule has 0 saturated carbocycles. The summed E-state index contributed by atoms with van der Waals surface area (Å²) in [5, 5.41) is 0.512. The normalized spacial score (nSPS) is 13.4. The molecule has 1 aromatic carbocycles. The summed E-state index contributed by atoms with van der Waals surface area (Å²) < 4.78 is 18.1. The fraction of sp³-hybridized carbons (Fsp3) is 0. The molecule has 4 nitrogen and oxygen atoms in total. The van der Waals surface area contributed by atoms with Gasteiger partial charge in [0.15, 0.2) is 5.76 Å². The maximum atomic E-state index is 13.2. The average molecular weight is 243 g/mol. The number of halogens is 1. The van der Waals surface area contributed by atoms with E-state index < -0.39 is 17.5 Å². The summed E-state index contributed by atoms with van der Waals surface area (Å²) in [6.45, 7) is 0. The Morgan fingerprint density at radius 2 is 2.11 bits per heavy atom. The van der Waals surface area contributed by atoms with E-state index in [2.05, 4.69) is 4.99 Å². The number of Topliss-reactive ketones (excluding diaryl/α,β-unsaturated/α-hetero) is 1. The summed E-state index contributed by atoms with van der Waals surface area (Å²) in [5.41, 5.74) is -0.153. The van der Waals surface area contributed by atoms with Crippen molar-refractivity contribution in [3.8, 4) is 0 Å². The summed E-state index contributed by atoms with van der Waals surface area (Å²) in [7, 11) is 0. The van der Waals surface area contributed by atoms with E-state index in [9.17, 15) is 14.0 Å². The van der Waals surface area contributed by atoms with E-state index >= 15 is 0 Å². The number of hydrogen-bond acceptors (Lipinski definition) is 3. The van der Waals surface area contributed by atoms with Gasteiger partial charge in [-0.25, -0.2) is 9.38 Å². The second-order valence-electron chi connectivity index (χ2n) is 3.76. The second kappa shape index (κ2) is 3.73. The number of carbonyl (C=O) groups excluding carboxylic acids is 2. The van der Waals surface area contributed by atoms with Crippen molar-refractivity contribution in [1.29, 1.82) is 0 Å². The predicted molar refractivity (Wildman–Crippen MR) is 58.6 cm³/mol. The Morgan fingerprint density at radius 3 is 2.83 bits per heavy atom. The highest BCUT2D eigenvalue weighted by atomic mass is 19.1. The number of furan rings is 1. The molecule has 0 atom stereocenters. The van der Waals surface area contributed by atoms with E-state index in [1.54, 1.807) is 0 Å². The number of nitrogens with zero attached hydrogens (tertiary/aromatic N) is 1. The van der Waals surface area contributed by atoms with Gasteiger partial charge in [0.2, 0.25) is 5.78 Å². The Kier molecular flexibility index (Phi) is 2.19. The van der Waals surface area contributed by atoms with Crippen molar-refractivity contribution < 1.29 is 18.4 Å². The Morgan fingerprint density at radius 1 is 1.28 bits per heavy atom. The van der Waals surface area contributed by atoms with Gasteiger partial charge in [-0.1, -0.05) is 0 Å². The van der Waals surface area contributed by atoms with Crippen LogP contribution in [0.15, 0.2) is 46.0 Å². The molecule has 1 aliphatic rings. The largest absolute Gasteiger partial charge is 0.461 e. The first-order valence-corrected chi connectivity index (χ1v) is 5.18. The number of amides is 1. The molecule has 0 unspecified atom stereocenters. The standard InChI is InChI=1S/C13H6FNO3/c14-7-3-4-9-8(6-7)11(13(17)15-9)12(16)10-2-1-5-18-10/h1-6H. The molecule has 0 aliphatic carbocycles. The third-order valence-electron chi connectivity index (χ3n) is 2.64. The lowest BCUT2D eigenvalue weighted by Crippen LogP contribution is -2.25. The van der Waals surface area contributed by atoms with Crippen molar-refractivity contribution in [3.63, 3.8) is 0 Å². The van der Waals surface area contributed by atoms with Gasteiger partial charge >= 0.3 is 0 Å².